The zero-order valence-electron chi connectivity index (χ0n) is 12.2. The van der Waals surface area contributed by atoms with Crippen LogP contribution in [-0.4, -0.2) is 46.4 Å². The van der Waals surface area contributed by atoms with Crippen molar-refractivity contribution in [3.8, 4) is 0 Å². The first-order chi connectivity index (χ1) is 10.4. The quantitative estimate of drug-likeness (QED) is 0.786. The normalized spacial score (nSPS) is 22.3. The van der Waals surface area contributed by atoms with E-state index in [1.54, 1.807) is 23.1 Å². The van der Waals surface area contributed by atoms with Crippen LogP contribution < -0.4 is 5.32 Å². The first-order valence-corrected chi connectivity index (χ1v) is 8.00. The molecule has 1 unspecified atom stereocenters. The number of amides is 2. The molecule has 0 saturated carbocycles. The first-order valence-electron chi connectivity index (χ1n) is 7.24. The van der Waals surface area contributed by atoms with Gasteiger partial charge in [0.1, 0.15) is 0 Å². The second-order valence-electron chi connectivity index (χ2n) is 5.58. The van der Waals surface area contributed by atoms with Crippen molar-refractivity contribution in [1.29, 1.82) is 0 Å². The summed E-state index contributed by atoms with van der Waals surface area (Å²) in [5.74, 6) is 0. The maximum Gasteiger partial charge on any atom is 0.317 e. The van der Waals surface area contributed by atoms with E-state index in [-0.39, 0.29) is 19.2 Å². The van der Waals surface area contributed by atoms with Gasteiger partial charge >= 0.3 is 6.03 Å². The van der Waals surface area contributed by atoms with Gasteiger partial charge in [-0.1, -0.05) is 29.3 Å². The molecule has 22 heavy (non-hydrogen) atoms. The molecule has 0 aromatic heterocycles. The molecule has 5 nitrogen and oxygen atoms in total. The molecule has 2 amide bonds. The Balaban J connectivity index is 1.93. The number of aliphatic hydroxyl groups excluding tert-OH is 1. The fourth-order valence-corrected chi connectivity index (χ4v) is 3.05. The Morgan fingerprint density at radius 3 is 2.59 bits per heavy atom. The number of carbonyl (C=O) groups is 1. The Labute approximate surface area is 139 Å². The number of hydrogen-bond donors (Lipinski definition) is 3. The van der Waals surface area contributed by atoms with Gasteiger partial charge in [-0.2, -0.15) is 0 Å². The SMILES string of the molecule is O=C(NCc1c(Cl)cccc1Cl)N1CCCC(O)(CO)CC1. The van der Waals surface area contributed by atoms with Crippen LogP contribution in [0, 0.1) is 0 Å². The van der Waals surface area contributed by atoms with E-state index in [2.05, 4.69) is 5.32 Å². The van der Waals surface area contributed by atoms with Crippen molar-refractivity contribution in [3.63, 3.8) is 0 Å². The number of aliphatic hydroxyl groups is 2. The molecule has 0 bridgehead atoms. The lowest BCUT2D eigenvalue weighted by molar-refractivity contribution is -0.0248. The zero-order chi connectivity index (χ0) is 16.2. The summed E-state index contributed by atoms with van der Waals surface area (Å²) in [7, 11) is 0. The fourth-order valence-electron chi connectivity index (χ4n) is 2.52. The van der Waals surface area contributed by atoms with Crippen LogP contribution in [0.25, 0.3) is 0 Å². The van der Waals surface area contributed by atoms with Crippen LogP contribution in [0.4, 0.5) is 4.79 Å². The minimum absolute atomic E-state index is 0.224. The largest absolute Gasteiger partial charge is 0.393 e. The van der Waals surface area contributed by atoms with E-state index in [4.69, 9.17) is 23.2 Å². The topological polar surface area (TPSA) is 72.8 Å². The summed E-state index contributed by atoms with van der Waals surface area (Å²) >= 11 is 12.1. The molecule has 0 aliphatic carbocycles. The van der Waals surface area contributed by atoms with Gasteiger partial charge in [-0.05, 0) is 31.4 Å². The number of rotatable bonds is 3. The smallest absolute Gasteiger partial charge is 0.317 e. The summed E-state index contributed by atoms with van der Waals surface area (Å²) in [5.41, 5.74) is -0.401. The second-order valence-corrected chi connectivity index (χ2v) is 6.40. The summed E-state index contributed by atoms with van der Waals surface area (Å²) in [6, 6.07) is 4.98. The highest BCUT2D eigenvalue weighted by atomic mass is 35.5. The standard InChI is InChI=1S/C15H20Cl2N2O3/c16-12-3-1-4-13(17)11(12)9-18-14(21)19-7-2-5-15(22,10-20)6-8-19/h1,3-4,20,22H,2,5-10H2,(H,18,21). The average Bonchev–Trinajstić information content (AvgIpc) is 2.69. The number of urea groups is 1. The summed E-state index contributed by atoms with van der Waals surface area (Å²) in [6.45, 7) is 0.916. The van der Waals surface area contributed by atoms with Crippen LogP contribution in [0.15, 0.2) is 18.2 Å². The molecule has 2 rings (SSSR count). The average molecular weight is 347 g/mol. The molecule has 7 heteroatoms. The van der Waals surface area contributed by atoms with Crippen molar-refractivity contribution >= 4 is 29.2 Å². The molecule has 3 N–H and O–H groups in total. The molecule has 1 fully saturated rings. The minimum atomic E-state index is -1.08. The molecule has 0 spiro atoms. The molecule has 1 heterocycles. The van der Waals surface area contributed by atoms with E-state index in [0.29, 0.717) is 48.0 Å². The van der Waals surface area contributed by atoms with Gasteiger partial charge in [0.25, 0.3) is 0 Å². The van der Waals surface area contributed by atoms with Crippen molar-refractivity contribution in [3.05, 3.63) is 33.8 Å². The number of nitrogens with one attached hydrogen (secondary N) is 1. The molecule has 1 aliphatic rings. The summed E-state index contributed by atoms with van der Waals surface area (Å²) < 4.78 is 0. The molecule has 1 saturated heterocycles. The van der Waals surface area contributed by atoms with Gasteiger partial charge in [0.05, 0.1) is 12.2 Å². The predicted molar refractivity (Wildman–Crippen MR) is 86.2 cm³/mol. The van der Waals surface area contributed by atoms with Crippen LogP contribution in [0.1, 0.15) is 24.8 Å². The van der Waals surface area contributed by atoms with Gasteiger partial charge in [-0.25, -0.2) is 4.79 Å². The Morgan fingerprint density at radius 1 is 1.27 bits per heavy atom. The lowest BCUT2D eigenvalue weighted by atomic mass is 9.96. The highest BCUT2D eigenvalue weighted by Crippen LogP contribution is 2.24. The predicted octanol–water partition coefficient (Wildman–Crippen LogP) is 2.41. The monoisotopic (exact) mass is 346 g/mol. The maximum absolute atomic E-state index is 12.2. The number of nitrogens with zero attached hydrogens (tertiary/aromatic N) is 1. The number of likely N-dealkylation sites (tertiary alicyclic amines) is 1. The third-order valence-electron chi connectivity index (χ3n) is 3.98. The highest BCUT2D eigenvalue weighted by Gasteiger charge is 2.30. The lowest BCUT2D eigenvalue weighted by Crippen LogP contribution is -2.41. The van der Waals surface area contributed by atoms with Gasteiger partial charge in [-0.15, -0.1) is 0 Å². The van der Waals surface area contributed by atoms with Crippen molar-refractivity contribution < 1.29 is 15.0 Å². The van der Waals surface area contributed by atoms with Crippen LogP contribution in [0.3, 0.4) is 0 Å². The Kier molecular flexibility index (Phi) is 5.92. The molecule has 0 radical (unpaired) electrons. The number of halogens is 2. The van der Waals surface area contributed by atoms with Crippen molar-refractivity contribution in [2.24, 2.45) is 0 Å². The molecule has 1 aromatic carbocycles. The molecule has 1 aromatic rings. The van der Waals surface area contributed by atoms with Crippen molar-refractivity contribution in [1.82, 2.24) is 10.2 Å². The van der Waals surface area contributed by atoms with Gasteiger partial charge in [0, 0.05) is 35.2 Å². The number of hydrogen-bond acceptors (Lipinski definition) is 3. The number of carbonyl (C=O) groups excluding carboxylic acids is 1. The van der Waals surface area contributed by atoms with E-state index in [0.717, 1.165) is 0 Å². The Bertz CT molecular complexity index is 521. The molecule has 122 valence electrons. The van der Waals surface area contributed by atoms with E-state index in [1.165, 1.54) is 0 Å². The summed E-state index contributed by atoms with van der Waals surface area (Å²) in [5, 5.41) is 23.1. The highest BCUT2D eigenvalue weighted by molar-refractivity contribution is 6.36. The van der Waals surface area contributed by atoms with Gasteiger partial charge in [-0.3, -0.25) is 0 Å². The second kappa shape index (κ2) is 7.51. The lowest BCUT2D eigenvalue weighted by Gasteiger charge is -2.24. The van der Waals surface area contributed by atoms with E-state index in [9.17, 15) is 15.0 Å². The molecular formula is C15H20Cl2N2O3. The Morgan fingerprint density at radius 2 is 1.95 bits per heavy atom. The summed E-state index contributed by atoms with van der Waals surface area (Å²) in [4.78, 5) is 13.9. The van der Waals surface area contributed by atoms with Gasteiger partial charge < -0.3 is 20.4 Å². The summed E-state index contributed by atoms with van der Waals surface area (Å²) in [6.07, 6.45) is 1.50. The molecular weight excluding hydrogens is 327 g/mol. The van der Waals surface area contributed by atoms with Crippen LogP contribution >= 0.6 is 23.2 Å². The van der Waals surface area contributed by atoms with Crippen LogP contribution in [0.2, 0.25) is 10.0 Å². The third kappa shape index (κ3) is 4.26. The minimum Gasteiger partial charge on any atom is -0.393 e. The van der Waals surface area contributed by atoms with Gasteiger partial charge in [0.15, 0.2) is 0 Å². The van der Waals surface area contributed by atoms with E-state index >= 15 is 0 Å². The van der Waals surface area contributed by atoms with Gasteiger partial charge in [0.2, 0.25) is 0 Å². The maximum atomic E-state index is 12.2. The Hall–Kier alpha value is -1.01. The number of benzene rings is 1. The third-order valence-corrected chi connectivity index (χ3v) is 4.69. The zero-order valence-corrected chi connectivity index (χ0v) is 13.7. The van der Waals surface area contributed by atoms with Crippen LogP contribution in [-0.2, 0) is 6.54 Å². The van der Waals surface area contributed by atoms with Crippen molar-refractivity contribution in [2.45, 2.75) is 31.4 Å². The van der Waals surface area contributed by atoms with Crippen LogP contribution in [0.5, 0.6) is 0 Å². The first kappa shape index (κ1) is 17.3. The molecule has 1 atom stereocenters. The van der Waals surface area contributed by atoms with Crippen molar-refractivity contribution in [2.75, 3.05) is 19.7 Å². The van der Waals surface area contributed by atoms with E-state index in [1.807, 2.05) is 0 Å². The van der Waals surface area contributed by atoms with E-state index < -0.39 is 5.60 Å². The molecule has 1 aliphatic heterocycles. The fraction of sp³-hybridized carbons (Fsp3) is 0.533.